The number of sulfone groups is 1. The van der Waals surface area contributed by atoms with Crippen LogP contribution in [0, 0.1) is 24.2 Å². The van der Waals surface area contributed by atoms with Crippen molar-refractivity contribution in [2.75, 3.05) is 12.4 Å². The van der Waals surface area contributed by atoms with E-state index in [1.807, 2.05) is 6.07 Å². The Kier molecular flexibility index (Phi) is 4.58. The standard InChI is InChI=1S/C14H17N3O3S/c1-3-21(18,19)14-6-12(8-16-10(14)2)13(7-15)17-20-9-11-4-5-11/h6,8,11H,3-5,9H2,1-2H3/b17-13+. The fourth-order valence-electron chi connectivity index (χ4n) is 1.74. The Morgan fingerprint density at radius 1 is 1.57 bits per heavy atom. The Balaban J connectivity index is 2.29. The number of pyridine rings is 1. The van der Waals surface area contributed by atoms with Gasteiger partial charge in [0.1, 0.15) is 12.7 Å². The summed E-state index contributed by atoms with van der Waals surface area (Å²) in [6, 6.07) is 3.35. The van der Waals surface area contributed by atoms with Crippen LogP contribution in [0.25, 0.3) is 0 Å². The lowest BCUT2D eigenvalue weighted by Gasteiger charge is -2.07. The lowest BCUT2D eigenvalue weighted by atomic mass is 10.2. The molecule has 0 saturated heterocycles. The van der Waals surface area contributed by atoms with Crippen LogP contribution in [0.15, 0.2) is 22.3 Å². The first-order chi connectivity index (χ1) is 9.97. The third-order valence-electron chi connectivity index (χ3n) is 3.30. The van der Waals surface area contributed by atoms with Gasteiger partial charge >= 0.3 is 0 Å². The smallest absolute Gasteiger partial charge is 0.188 e. The molecule has 6 nitrogen and oxygen atoms in total. The number of rotatable bonds is 6. The molecule has 0 unspecified atom stereocenters. The van der Waals surface area contributed by atoms with E-state index in [9.17, 15) is 8.42 Å². The highest BCUT2D eigenvalue weighted by atomic mass is 32.2. The topological polar surface area (TPSA) is 92.4 Å². The van der Waals surface area contributed by atoms with E-state index in [2.05, 4.69) is 10.1 Å². The number of aromatic nitrogens is 1. The first-order valence-corrected chi connectivity index (χ1v) is 8.43. The number of nitrogens with zero attached hydrogens (tertiary/aromatic N) is 3. The molecule has 0 radical (unpaired) electrons. The van der Waals surface area contributed by atoms with Gasteiger partial charge < -0.3 is 4.84 Å². The van der Waals surface area contributed by atoms with Gasteiger partial charge in [-0.05, 0) is 31.7 Å². The van der Waals surface area contributed by atoms with Gasteiger partial charge in [0, 0.05) is 11.8 Å². The molecule has 1 aromatic heterocycles. The molecule has 0 amide bonds. The van der Waals surface area contributed by atoms with Gasteiger partial charge in [-0.3, -0.25) is 4.98 Å². The zero-order valence-corrected chi connectivity index (χ0v) is 12.9. The maximum Gasteiger partial charge on any atom is 0.188 e. The summed E-state index contributed by atoms with van der Waals surface area (Å²) in [6.45, 7) is 3.68. The van der Waals surface area contributed by atoms with Gasteiger partial charge in [-0.1, -0.05) is 12.1 Å². The van der Waals surface area contributed by atoms with E-state index in [4.69, 9.17) is 10.1 Å². The Labute approximate surface area is 124 Å². The SMILES string of the molecule is CCS(=O)(=O)c1cc(/C(C#N)=N/OCC2CC2)cnc1C. The third-order valence-corrected chi connectivity index (χ3v) is 5.14. The number of oxime groups is 1. The van der Waals surface area contributed by atoms with Crippen molar-refractivity contribution in [3.05, 3.63) is 23.5 Å². The number of nitriles is 1. The maximum absolute atomic E-state index is 12.0. The van der Waals surface area contributed by atoms with Crippen molar-refractivity contribution in [3.63, 3.8) is 0 Å². The van der Waals surface area contributed by atoms with Gasteiger partial charge in [-0.25, -0.2) is 8.42 Å². The Hall–Kier alpha value is -1.94. The second-order valence-electron chi connectivity index (χ2n) is 5.00. The van der Waals surface area contributed by atoms with Gasteiger partial charge in [-0.2, -0.15) is 5.26 Å². The van der Waals surface area contributed by atoms with Crippen molar-refractivity contribution in [2.45, 2.75) is 31.6 Å². The van der Waals surface area contributed by atoms with Crippen LogP contribution >= 0.6 is 0 Å². The Morgan fingerprint density at radius 2 is 2.29 bits per heavy atom. The molecule has 0 aromatic carbocycles. The molecule has 1 aliphatic rings. The van der Waals surface area contributed by atoms with Crippen LogP contribution < -0.4 is 0 Å². The minimum absolute atomic E-state index is 0.0177. The highest BCUT2D eigenvalue weighted by molar-refractivity contribution is 7.91. The molecule has 21 heavy (non-hydrogen) atoms. The fourth-order valence-corrected chi connectivity index (χ4v) is 2.86. The van der Waals surface area contributed by atoms with Crippen molar-refractivity contribution in [2.24, 2.45) is 11.1 Å². The summed E-state index contributed by atoms with van der Waals surface area (Å²) >= 11 is 0. The molecule has 1 fully saturated rings. The van der Waals surface area contributed by atoms with Gasteiger partial charge in [0.05, 0.1) is 16.3 Å². The first-order valence-electron chi connectivity index (χ1n) is 6.77. The third kappa shape index (κ3) is 3.79. The summed E-state index contributed by atoms with van der Waals surface area (Å²) in [7, 11) is -3.38. The van der Waals surface area contributed by atoms with Crippen molar-refractivity contribution in [1.29, 1.82) is 5.26 Å². The molecule has 2 rings (SSSR count). The molecule has 112 valence electrons. The first kappa shape index (κ1) is 15.4. The molecule has 7 heteroatoms. The summed E-state index contributed by atoms with van der Waals surface area (Å²) in [5.41, 5.74) is 0.804. The van der Waals surface area contributed by atoms with Crippen molar-refractivity contribution < 1.29 is 13.3 Å². The second kappa shape index (κ2) is 6.22. The molecule has 0 N–H and O–H groups in total. The lowest BCUT2D eigenvalue weighted by Crippen LogP contribution is -2.10. The summed E-state index contributed by atoms with van der Waals surface area (Å²) in [5.74, 6) is 0.511. The van der Waals surface area contributed by atoms with Crippen LogP contribution in [-0.4, -0.2) is 31.5 Å². The van der Waals surface area contributed by atoms with E-state index in [1.54, 1.807) is 13.8 Å². The van der Waals surface area contributed by atoms with Crippen LogP contribution in [-0.2, 0) is 14.7 Å². The second-order valence-corrected chi connectivity index (χ2v) is 7.25. The summed E-state index contributed by atoms with van der Waals surface area (Å²) < 4.78 is 24.0. The minimum atomic E-state index is -3.38. The Morgan fingerprint density at radius 3 is 2.86 bits per heavy atom. The molecule has 0 bridgehead atoms. The predicted octanol–water partition coefficient (Wildman–Crippen LogP) is 1.84. The predicted molar refractivity (Wildman–Crippen MR) is 77.5 cm³/mol. The van der Waals surface area contributed by atoms with Gasteiger partial charge in [0.25, 0.3) is 0 Å². The van der Waals surface area contributed by atoms with Crippen molar-refractivity contribution in [1.82, 2.24) is 4.98 Å². The van der Waals surface area contributed by atoms with Crippen LogP contribution in [0.4, 0.5) is 0 Å². The van der Waals surface area contributed by atoms with E-state index < -0.39 is 9.84 Å². The van der Waals surface area contributed by atoms with Gasteiger partial charge in [0.2, 0.25) is 0 Å². The van der Waals surface area contributed by atoms with Gasteiger partial charge in [0.15, 0.2) is 15.5 Å². The summed E-state index contributed by atoms with van der Waals surface area (Å²) in [4.78, 5) is 9.32. The van der Waals surface area contributed by atoms with E-state index in [-0.39, 0.29) is 16.4 Å². The molecule has 1 aromatic rings. The van der Waals surface area contributed by atoms with Crippen LogP contribution in [0.2, 0.25) is 0 Å². The monoisotopic (exact) mass is 307 g/mol. The molecule has 1 heterocycles. The zero-order valence-electron chi connectivity index (χ0n) is 12.0. The van der Waals surface area contributed by atoms with Crippen molar-refractivity contribution in [3.8, 4) is 6.07 Å². The number of hydrogen-bond acceptors (Lipinski definition) is 6. The summed E-state index contributed by atoms with van der Waals surface area (Å²) in [6.07, 6.45) is 3.69. The summed E-state index contributed by atoms with van der Waals surface area (Å²) in [5, 5.41) is 12.9. The normalized spacial score (nSPS) is 15.6. The highest BCUT2D eigenvalue weighted by Gasteiger charge is 2.22. The average Bonchev–Trinajstić information content (AvgIpc) is 3.28. The van der Waals surface area contributed by atoms with Crippen molar-refractivity contribution >= 4 is 15.5 Å². The molecular formula is C14H17N3O3S. The van der Waals surface area contributed by atoms with Gasteiger partial charge in [-0.15, -0.1) is 0 Å². The maximum atomic E-state index is 12.0. The van der Waals surface area contributed by atoms with Crippen LogP contribution in [0.1, 0.15) is 31.0 Å². The van der Waals surface area contributed by atoms with E-state index >= 15 is 0 Å². The van der Waals surface area contributed by atoms with E-state index in [0.29, 0.717) is 23.8 Å². The van der Waals surface area contributed by atoms with E-state index in [0.717, 1.165) is 12.8 Å². The van der Waals surface area contributed by atoms with Crippen LogP contribution in [0.3, 0.4) is 0 Å². The largest absolute Gasteiger partial charge is 0.394 e. The molecule has 0 atom stereocenters. The molecule has 0 spiro atoms. The number of aryl methyl sites for hydroxylation is 1. The molecule has 0 aliphatic heterocycles. The minimum Gasteiger partial charge on any atom is -0.394 e. The van der Waals surface area contributed by atoms with Crippen LogP contribution in [0.5, 0.6) is 0 Å². The molecule has 1 aliphatic carbocycles. The van der Waals surface area contributed by atoms with E-state index in [1.165, 1.54) is 12.3 Å². The Bertz CT molecular complexity index is 701. The highest BCUT2D eigenvalue weighted by Crippen LogP contribution is 2.28. The number of hydrogen-bond donors (Lipinski definition) is 0. The molecule has 1 saturated carbocycles. The lowest BCUT2D eigenvalue weighted by molar-refractivity contribution is 0.134. The average molecular weight is 307 g/mol. The zero-order chi connectivity index (χ0) is 15.5. The fraction of sp³-hybridized carbons (Fsp3) is 0.500. The quantitative estimate of drug-likeness (QED) is 0.590. The molecular weight excluding hydrogens is 290 g/mol.